The molecule has 5 nitrogen and oxygen atoms in total. The number of urea groups is 1. The largest absolute Gasteiger partial charge is 0.381 e. The third kappa shape index (κ3) is 4.00. The van der Waals surface area contributed by atoms with Gasteiger partial charge in [-0.1, -0.05) is 0 Å². The van der Waals surface area contributed by atoms with Gasteiger partial charge in [0.2, 0.25) is 0 Å². The number of nitrogens with zero attached hydrogens (tertiary/aromatic N) is 1. The summed E-state index contributed by atoms with van der Waals surface area (Å²) in [6, 6.07) is 2.52. The molecule has 1 aromatic heterocycles. The van der Waals surface area contributed by atoms with Crippen LogP contribution < -0.4 is 10.6 Å². The molecule has 2 atom stereocenters. The molecule has 0 spiro atoms. The van der Waals surface area contributed by atoms with Crippen molar-refractivity contribution in [1.82, 2.24) is 15.5 Å². The first-order valence-electron chi connectivity index (χ1n) is 8.11. The van der Waals surface area contributed by atoms with Crippen LogP contribution >= 0.6 is 11.3 Å². The Bertz CT molecular complexity index is 499. The Balaban J connectivity index is 1.37. The lowest BCUT2D eigenvalue weighted by atomic mass is 10.1. The lowest BCUT2D eigenvalue weighted by molar-refractivity contribution is 0.182. The Morgan fingerprint density at radius 3 is 3.27 bits per heavy atom. The maximum Gasteiger partial charge on any atom is 0.314 e. The monoisotopic (exact) mass is 323 g/mol. The molecule has 3 rings (SSSR count). The number of hydrogen-bond donors (Lipinski definition) is 2. The predicted molar refractivity (Wildman–Crippen MR) is 88.2 cm³/mol. The van der Waals surface area contributed by atoms with Crippen molar-refractivity contribution < 1.29 is 9.53 Å². The molecular formula is C16H25N3O2S. The van der Waals surface area contributed by atoms with E-state index in [9.17, 15) is 4.79 Å². The first kappa shape index (κ1) is 15.8. The van der Waals surface area contributed by atoms with E-state index in [1.807, 2.05) is 11.3 Å². The van der Waals surface area contributed by atoms with E-state index in [4.69, 9.17) is 4.74 Å². The number of carbonyl (C=O) groups excluding carboxylic acids is 1. The van der Waals surface area contributed by atoms with Crippen molar-refractivity contribution in [2.45, 2.75) is 32.4 Å². The zero-order chi connectivity index (χ0) is 15.4. The Kier molecular flexibility index (Phi) is 5.33. The highest BCUT2D eigenvalue weighted by Crippen LogP contribution is 2.24. The highest BCUT2D eigenvalue weighted by molar-refractivity contribution is 7.10. The molecule has 1 fully saturated rings. The summed E-state index contributed by atoms with van der Waals surface area (Å²) in [5.41, 5.74) is 1.45. The molecule has 0 aromatic carbocycles. The first-order chi connectivity index (χ1) is 10.7. The minimum atomic E-state index is -0.0630. The zero-order valence-corrected chi connectivity index (χ0v) is 14.0. The topological polar surface area (TPSA) is 53.6 Å². The number of hydrogen-bond acceptors (Lipinski definition) is 4. The van der Waals surface area contributed by atoms with Gasteiger partial charge in [-0.25, -0.2) is 4.79 Å². The molecule has 2 N–H and O–H groups in total. The summed E-state index contributed by atoms with van der Waals surface area (Å²) in [7, 11) is 0. The molecule has 2 amide bonds. The number of ether oxygens (including phenoxy) is 1. The molecule has 3 heterocycles. The van der Waals surface area contributed by atoms with Crippen LogP contribution in [0.1, 0.15) is 23.8 Å². The van der Waals surface area contributed by atoms with Gasteiger partial charge in [0, 0.05) is 49.6 Å². The number of carbonyl (C=O) groups is 1. The highest BCUT2D eigenvalue weighted by Gasteiger charge is 2.22. The molecular weight excluding hydrogens is 298 g/mol. The molecule has 0 saturated carbocycles. The van der Waals surface area contributed by atoms with E-state index in [0.717, 1.165) is 39.1 Å². The molecule has 0 aliphatic carbocycles. The highest BCUT2D eigenvalue weighted by atomic mass is 32.1. The zero-order valence-electron chi connectivity index (χ0n) is 13.1. The van der Waals surface area contributed by atoms with Crippen LogP contribution in [0.5, 0.6) is 0 Å². The average molecular weight is 323 g/mol. The van der Waals surface area contributed by atoms with Gasteiger partial charge in [-0.3, -0.25) is 4.90 Å². The minimum Gasteiger partial charge on any atom is -0.381 e. The second kappa shape index (κ2) is 7.44. The summed E-state index contributed by atoms with van der Waals surface area (Å²) in [5.74, 6) is 0.474. The molecule has 1 saturated heterocycles. The van der Waals surface area contributed by atoms with Crippen LogP contribution in [0.3, 0.4) is 0 Å². The second-order valence-corrected chi connectivity index (χ2v) is 7.26. The Morgan fingerprint density at radius 1 is 1.55 bits per heavy atom. The standard InChI is InChI=1S/C16H25N3O2S/c1-12(19-5-2-15-14(10-19)4-7-22-15)8-17-16(20)18-9-13-3-6-21-11-13/h4,7,12-13H,2-3,5-6,8-11H2,1H3,(H2,17,18,20)/t12-,13-/m1/s1. The third-order valence-corrected chi connectivity index (χ3v) is 5.62. The summed E-state index contributed by atoms with van der Waals surface area (Å²) in [6.07, 6.45) is 2.18. The Morgan fingerprint density at radius 2 is 2.45 bits per heavy atom. The molecule has 1 aromatic rings. The number of thiophene rings is 1. The fourth-order valence-electron chi connectivity index (χ4n) is 3.06. The van der Waals surface area contributed by atoms with Crippen molar-refractivity contribution in [3.05, 3.63) is 21.9 Å². The van der Waals surface area contributed by atoms with Crippen molar-refractivity contribution in [2.75, 3.05) is 32.8 Å². The van der Waals surface area contributed by atoms with E-state index in [1.165, 1.54) is 10.4 Å². The molecule has 122 valence electrons. The van der Waals surface area contributed by atoms with Crippen molar-refractivity contribution in [3.63, 3.8) is 0 Å². The normalized spacial score (nSPS) is 23.0. The summed E-state index contributed by atoms with van der Waals surface area (Å²) in [6.45, 7) is 7.26. The van der Waals surface area contributed by atoms with Crippen molar-refractivity contribution in [1.29, 1.82) is 0 Å². The van der Waals surface area contributed by atoms with Gasteiger partial charge in [-0.15, -0.1) is 11.3 Å². The number of rotatable bonds is 5. The van der Waals surface area contributed by atoms with Gasteiger partial charge in [0.15, 0.2) is 0 Å². The first-order valence-corrected chi connectivity index (χ1v) is 8.99. The van der Waals surface area contributed by atoms with E-state index in [0.29, 0.717) is 25.0 Å². The molecule has 0 radical (unpaired) electrons. The summed E-state index contributed by atoms with van der Waals surface area (Å²) >= 11 is 1.86. The van der Waals surface area contributed by atoms with Crippen LogP contribution in [-0.2, 0) is 17.7 Å². The van der Waals surface area contributed by atoms with Gasteiger partial charge in [-0.05, 0) is 36.8 Å². The number of nitrogens with one attached hydrogen (secondary N) is 2. The smallest absolute Gasteiger partial charge is 0.314 e. The van der Waals surface area contributed by atoms with Gasteiger partial charge < -0.3 is 15.4 Å². The van der Waals surface area contributed by atoms with Crippen molar-refractivity contribution >= 4 is 17.4 Å². The van der Waals surface area contributed by atoms with Gasteiger partial charge in [0.05, 0.1) is 6.61 Å². The second-order valence-electron chi connectivity index (χ2n) is 6.26. The number of fused-ring (bicyclic) bond motifs is 1. The van der Waals surface area contributed by atoms with Gasteiger partial charge in [-0.2, -0.15) is 0 Å². The molecule has 2 aliphatic heterocycles. The molecule has 6 heteroatoms. The number of amides is 2. The van der Waals surface area contributed by atoms with Gasteiger partial charge in [0.1, 0.15) is 0 Å². The van der Waals surface area contributed by atoms with Gasteiger partial charge in [0.25, 0.3) is 0 Å². The van der Waals surface area contributed by atoms with Crippen LogP contribution in [0.2, 0.25) is 0 Å². The fraction of sp³-hybridized carbons (Fsp3) is 0.688. The van der Waals surface area contributed by atoms with Crippen LogP contribution in [0, 0.1) is 5.92 Å². The van der Waals surface area contributed by atoms with E-state index in [-0.39, 0.29) is 6.03 Å². The minimum absolute atomic E-state index is 0.0630. The average Bonchev–Trinajstić information content (AvgIpc) is 3.20. The summed E-state index contributed by atoms with van der Waals surface area (Å²) < 4.78 is 5.31. The van der Waals surface area contributed by atoms with Crippen LogP contribution in [0.15, 0.2) is 11.4 Å². The van der Waals surface area contributed by atoms with E-state index in [1.54, 1.807) is 0 Å². The van der Waals surface area contributed by atoms with E-state index < -0.39 is 0 Å². The molecule has 2 aliphatic rings. The lowest BCUT2D eigenvalue weighted by Gasteiger charge is -2.32. The lowest BCUT2D eigenvalue weighted by Crippen LogP contribution is -2.47. The molecule has 0 unspecified atom stereocenters. The van der Waals surface area contributed by atoms with Gasteiger partial charge >= 0.3 is 6.03 Å². The van der Waals surface area contributed by atoms with Crippen LogP contribution in [0.4, 0.5) is 4.79 Å². The maximum atomic E-state index is 11.9. The van der Waals surface area contributed by atoms with Crippen molar-refractivity contribution in [3.8, 4) is 0 Å². The van der Waals surface area contributed by atoms with E-state index in [2.05, 4.69) is 33.9 Å². The molecule has 0 bridgehead atoms. The molecule has 22 heavy (non-hydrogen) atoms. The Labute approximate surface area is 136 Å². The fourth-order valence-corrected chi connectivity index (χ4v) is 3.95. The van der Waals surface area contributed by atoms with Crippen LogP contribution in [-0.4, -0.2) is 49.8 Å². The SMILES string of the molecule is C[C@H](CNC(=O)NC[C@H]1CCOC1)N1CCc2sccc2C1. The summed E-state index contributed by atoms with van der Waals surface area (Å²) in [5, 5.41) is 8.12. The van der Waals surface area contributed by atoms with E-state index >= 15 is 0 Å². The van der Waals surface area contributed by atoms with Crippen LogP contribution in [0.25, 0.3) is 0 Å². The maximum absolute atomic E-state index is 11.9. The Hall–Kier alpha value is -1.11. The third-order valence-electron chi connectivity index (χ3n) is 4.59. The van der Waals surface area contributed by atoms with Crippen molar-refractivity contribution in [2.24, 2.45) is 5.92 Å². The predicted octanol–water partition coefficient (Wildman–Crippen LogP) is 1.83. The quantitative estimate of drug-likeness (QED) is 0.869. The summed E-state index contributed by atoms with van der Waals surface area (Å²) in [4.78, 5) is 15.8.